The Bertz CT molecular complexity index is 5230. The van der Waals surface area contributed by atoms with Gasteiger partial charge in [-0.15, -0.1) is 0 Å². The zero-order chi connectivity index (χ0) is 54.6. The monoisotopic (exact) mass is 1070 g/mol. The van der Waals surface area contributed by atoms with E-state index in [2.05, 4.69) is 312 Å². The number of aromatic nitrogens is 2. The van der Waals surface area contributed by atoms with Crippen molar-refractivity contribution < 1.29 is 8.83 Å². The predicted octanol–water partition coefficient (Wildman–Crippen LogP) is 18.1. The van der Waals surface area contributed by atoms with Crippen LogP contribution in [0.15, 0.2) is 312 Å². The lowest BCUT2D eigenvalue weighted by Crippen LogP contribution is -2.75. The summed E-state index contributed by atoms with van der Waals surface area (Å²) in [4.78, 5) is 0. The van der Waals surface area contributed by atoms with E-state index in [1.54, 1.807) is 0 Å². The molecule has 0 spiro atoms. The normalized spacial score (nSPS) is 12.1. The lowest BCUT2D eigenvalue weighted by molar-refractivity contribution is 0.670. The van der Waals surface area contributed by atoms with E-state index in [9.17, 15) is 0 Å². The Morgan fingerprint density at radius 3 is 1.05 bits per heavy atom. The second kappa shape index (κ2) is 18.7. The summed E-state index contributed by atoms with van der Waals surface area (Å²) in [5, 5.41) is 14.2. The van der Waals surface area contributed by atoms with Crippen LogP contribution in [0.5, 0.6) is 0 Å². The molecule has 0 bridgehead atoms. The zero-order valence-electron chi connectivity index (χ0n) is 45.1. The van der Waals surface area contributed by atoms with Gasteiger partial charge in [0.2, 0.25) is 0 Å². The maximum atomic E-state index is 7.28. The highest BCUT2D eigenvalue weighted by atomic mass is 28.3. The van der Waals surface area contributed by atoms with Gasteiger partial charge in [-0.05, 0) is 127 Å². The van der Waals surface area contributed by atoms with Crippen molar-refractivity contribution in [2.24, 2.45) is 0 Å². The summed E-state index contributed by atoms with van der Waals surface area (Å²) in [6.07, 6.45) is 0. The summed E-state index contributed by atoms with van der Waals surface area (Å²) in [5.74, 6) is 0. The van der Waals surface area contributed by atoms with Crippen molar-refractivity contribution in [3.63, 3.8) is 0 Å². The third kappa shape index (κ3) is 7.18. The highest BCUT2D eigenvalue weighted by Gasteiger charge is 2.46. The summed E-state index contributed by atoms with van der Waals surface area (Å²) >= 11 is 0. The van der Waals surface area contributed by atoms with E-state index in [-0.39, 0.29) is 0 Å². The van der Waals surface area contributed by atoms with Gasteiger partial charge in [-0.1, -0.05) is 231 Å². The van der Waals surface area contributed by atoms with E-state index in [0.29, 0.717) is 0 Å². The smallest absolute Gasteiger partial charge is 0.188 e. The van der Waals surface area contributed by atoms with E-state index >= 15 is 0 Å². The molecule has 4 aromatic heterocycles. The molecule has 5 heteroatoms. The predicted molar refractivity (Wildman–Crippen MR) is 350 cm³/mol. The Hall–Kier alpha value is -10.7. The molecule has 388 valence electrons. The van der Waals surface area contributed by atoms with Crippen LogP contribution in [0.25, 0.3) is 132 Å². The maximum Gasteiger partial charge on any atom is 0.188 e. The minimum absolute atomic E-state index is 0.853. The first kappa shape index (κ1) is 47.1. The van der Waals surface area contributed by atoms with E-state index in [1.807, 2.05) is 0 Å². The number of hydrogen-bond donors (Lipinski definition) is 0. The molecule has 0 aliphatic rings. The van der Waals surface area contributed by atoms with Crippen molar-refractivity contribution in [2.75, 3.05) is 0 Å². The second-order valence-corrected chi connectivity index (χ2v) is 25.6. The average molecular weight is 1080 g/mol. The number of fused-ring (bicyclic) bond motifs is 12. The van der Waals surface area contributed by atoms with Gasteiger partial charge in [0.1, 0.15) is 22.3 Å². The van der Waals surface area contributed by atoms with E-state index < -0.39 is 8.07 Å². The molecular formula is C78H50N2O2Si. The third-order valence-electron chi connectivity index (χ3n) is 17.5. The van der Waals surface area contributed by atoms with Gasteiger partial charge in [0.05, 0.1) is 22.1 Å². The molecule has 4 nitrogen and oxygen atoms in total. The van der Waals surface area contributed by atoms with E-state index in [4.69, 9.17) is 8.83 Å². The molecule has 0 N–H and O–H groups in total. The van der Waals surface area contributed by atoms with Gasteiger partial charge < -0.3 is 18.0 Å². The fourth-order valence-electron chi connectivity index (χ4n) is 13.8. The van der Waals surface area contributed by atoms with Gasteiger partial charge in [-0.3, -0.25) is 0 Å². The number of para-hydroxylation sites is 6. The third-order valence-corrected chi connectivity index (χ3v) is 22.3. The van der Waals surface area contributed by atoms with Crippen LogP contribution in [0.3, 0.4) is 0 Å². The number of furan rings is 2. The van der Waals surface area contributed by atoms with Crippen LogP contribution in [0.2, 0.25) is 0 Å². The van der Waals surface area contributed by atoms with Crippen LogP contribution in [-0.2, 0) is 0 Å². The Balaban J connectivity index is 0.793. The first-order valence-electron chi connectivity index (χ1n) is 28.5. The summed E-state index contributed by atoms with van der Waals surface area (Å²) in [7, 11) is -3.28. The molecule has 0 aliphatic heterocycles. The van der Waals surface area contributed by atoms with Gasteiger partial charge >= 0.3 is 0 Å². The van der Waals surface area contributed by atoms with Crippen molar-refractivity contribution in [3.05, 3.63) is 303 Å². The van der Waals surface area contributed by atoms with Crippen molar-refractivity contribution in [3.8, 4) is 44.8 Å². The quantitative estimate of drug-likeness (QED) is 0.107. The Morgan fingerprint density at radius 1 is 0.241 bits per heavy atom. The van der Waals surface area contributed by atoms with Gasteiger partial charge in [0.15, 0.2) is 8.07 Å². The van der Waals surface area contributed by atoms with Crippen molar-refractivity contribution >= 4 is 116 Å². The van der Waals surface area contributed by atoms with Crippen LogP contribution in [0.1, 0.15) is 0 Å². The van der Waals surface area contributed by atoms with Crippen LogP contribution in [0.4, 0.5) is 0 Å². The van der Waals surface area contributed by atoms with Crippen LogP contribution in [0, 0.1) is 0 Å². The zero-order valence-corrected chi connectivity index (χ0v) is 46.1. The van der Waals surface area contributed by atoms with Crippen LogP contribution < -0.4 is 20.7 Å². The molecule has 0 saturated heterocycles. The first-order chi connectivity index (χ1) is 41.2. The molecule has 0 saturated carbocycles. The van der Waals surface area contributed by atoms with Crippen molar-refractivity contribution in [1.82, 2.24) is 9.13 Å². The second-order valence-electron chi connectivity index (χ2n) is 21.9. The standard InChI is InChI=1S/C78H50N2O2Si/c1-3-19-57(20-4-1)83(58-21-5-2-6-22-58,75-35-17-29-65-67-49-53(41-47-73(67)81-77(65)75)51-37-43-55(44-38-51)79-69-31-13-9-25-61(69)62-26-10-14-32-70(62)79)76-36-18-30-66-68-50-54(42-48-74(68)82-78(66)76)60-24-8-7-23-59(60)52-39-45-56(46-40-52)80-71-33-15-11-27-63(71)64-28-12-16-34-72(64)80/h1-50H. The fraction of sp³-hybridized carbons (Fsp3) is 0. The molecule has 0 amide bonds. The van der Waals surface area contributed by atoms with Crippen LogP contribution >= 0.6 is 0 Å². The molecule has 0 atom stereocenters. The fourth-order valence-corrected chi connectivity index (χ4v) is 18.8. The van der Waals surface area contributed by atoms with Gasteiger partial charge in [0, 0.05) is 54.5 Å². The summed E-state index contributed by atoms with van der Waals surface area (Å²) in [5.41, 5.74) is 17.5. The minimum atomic E-state index is -3.28. The molecule has 17 aromatic rings. The first-order valence-corrected chi connectivity index (χ1v) is 30.5. The lowest BCUT2D eigenvalue weighted by atomic mass is 9.93. The Kier molecular flexibility index (Phi) is 10.6. The molecule has 4 heterocycles. The molecular weight excluding hydrogens is 1020 g/mol. The summed E-state index contributed by atoms with van der Waals surface area (Å²) in [6.45, 7) is 0. The maximum absolute atomic E-state index is 7.28. The summed E-state index contributed by atoms with van der Waals surface area (Å²) < 4.78 is 19.3. The van der Waals surface area contributed by atoms with E-state index in [1.165, 1.54) is 69.9 Å². The largest absolute Gasteiger partial charge is 0.456 e. The summed E-state index contributed by atoms with van der Waals surface area (Å²) in [6, 6.07) is 111. The lowest BCUT2D eigenvalue weighted by Gasteiger charge is -2.34. The van der Waals surface area contributed by atoms with Crippen molar-refractivity contribution in [1.29, 1.82) is 0 Å². The number of hydrogen-bond acceptors (Lipinski definition) is 2. The Labute approximate surface area is 479 Å². The number of nitrogens with zero attached hydrogens (tertiary/aromatic N) is 2. The molecule has 83 heavy (non-hydrogen) atoms. The van der Waals surface area contributed by atoms with Gasteiger partial charge in [-0.2, -0.15) is 0 Å². The van der Waals surface area contributed by atoms with E-state index in [0.717, 1.165) is 83.1 Å². The molecule has 0 unspecified atom stereocenters. The highest BCUT2D eigenvalue weighted by molar-refractivity contribution is 7.21. The molecule has 0 radical (unpaired) electrons. The molecule has 13 aromatic carbocycles. The molecule has 0 fully saturated rings. The number of benzene rings is 13. The van der Waals surface area contributed by atoms with Crippen LogP contribution in [-0.4, -0.2) is 17.2 Å². The number of rotatable bonds is 9. The minimum Gasteiger partial charge on any atom is -0.456 e. The highest BCUT2D eigenvalue weighted by Crippen LogP contribution is 2.40. The Morgan fingerprint density at radius 2 is 0.590 bits per heavy atom. The van der Waals surface area contributed by atoms with Crippen molar-refractivity contribution in [2.45, 2.75) is 0 Å². The molecule has 0 aliphatic carbocycles. The topological polar surface area (TPSA) is 36.1 Å². The van der Waals surface area contributed by atoms with Gasteiger partial charge in [-0.25, -0.2) is 0 Å². The average Bonchev–Trinajstić information content (AvgIpc) is 3.81. The van der Waals surface area contributed by atoms with Gasteiger partial charge in [0.25, 0.3) is 0 Å². The SMILES string of the molecule is c1ccc([Si](c2ccccc2)(c2cccc3c2oc2ccc(-c4ccc(-n5c6ccccc6c6ccccc65)cc4)cc23)c2cccc3c2oc2ccc(-c4ccccc4-c4ccc(-n5c6ccccc6c6ccccc65)cc4)cc23)cc1. The molecule has 17 rings (SSSR count).